The molecule has 0 saturated carbocycles. The van der Waals surface area contributed by atoms with Crippen LogP contribution in [0.15, 0.2) is 18.2 Å². The van der Waals surface area contributed by atoms with Crippen LogP contribution in [0.3, 0.4) is 0 Å². The Morgan fingerprint density at radius 1 is 1.36 bits per heavy atom. The first-order valence-electron chi connectivity index (χ1n) is 7.72. The second-order valence-electron chi connectivity index (χ2n) is 6.26. The van der Waals surface area contributed by atoms with E-state index in [2.05, 4.69) is 12.2 Å². The number of amides is 1. The summed E-state index contributed by atoms with van der Waals surface area (Å²) < 4.78 is 0. The van der Waals surface area contributed by atoms with Gasteiger partial charge in [0, 0.05) is 30.8 Å². The molecule has 1 N–H and O–H groups in total. The Balaban J connectivity index is 2.28. The molecule has 1 aliphatic rings. The quantitative estimate of drug-likeness (QED) is 0.685. The van der Waals surface area contributed by atoms with E-state index < -0.39 is 4.92 Å². The number of hydrogen-bond acceptors (Lipinski definition) is 4. The van der Waals surface area contributed by atoms with Crippen LogP contribution in [0.5, 0.6) is 0 Å². The molecule has 1 aliphatic heterocycles. The van der Waals surface area contributed by atoms with Crippen LogP contribution in [0.2, 0.25) is 0 Å². The number of piperidine rings is 1. The van der Waals surface area contributed by atoms with Gasteiger partial charge in [0.1, 0.15) is 5.69 Å². The number of carbonyl (C=O) groups excluding carboxylic acids is 1. The van der Waals surface area contributed by atoms with E-state index in [-0.39, 0.29) is 17.6 Å². The highest BCUT2D eigenvalue weighted by Gasteiger charge is 2.24. The smallest absolute Gasteiger partial charge is 0.293 e. The zero-order valence-corrected chi connectivity index (χ0v) is 13.3. The third-order valence-corrected chi connectivity index (χ3v) is 3.98. The molecule has 120 valence electrons. The van der Waals surface area contributed by atoms with Crippen molar-refractivity contribution in [1.29, 1.82) is 0 Å². The van der Waals surface area contributed by atoms with Crippen molar-refractivity contribution in [3.05, 3.63) is 33.9 Å². The van der Waals surface area contributed by atoms with Crippen molar-refractivity contribution in [3.63, 3.8) is 0 Å². The van der Waals surface area contributed by atoms with E-state index in [9.17, 15) is 14.9 Å². The summed E-state index contributed by atoms with van der Waals surface area (Å²) in [6.45, 7) is 7.55. The molecule has 1 fully saturated rings. The molecule has 0 unspecified atom stereocenters. The monoisotopic (exact) mass is 305 g/mol. The molecule has 2 rings (SSSR count). The summed E-state index contributed by atoms with van der Waals surface area (Å²) in [6, 6.07) is 4.74. The molecule has 6 heteroatoms. The van der Waals surface area contributed by atoms with Crippen LogP contribution in [0.1, 0.15) is 44.0 Å². The van der Waals surface area contributed by atoms with Crippen LogP contribution in [0, 0.1) is 16.0 Å². The van der Waals surface area contributed by atoms with E-state index in [1.54, 1.807) is 12.1 Å². The van der Waals surface area contributed by atoms with E-state index in [0.29, 0.717) is 17.2 Å². The molecule has 1 saturated heterocycles. The molecular weight excluding hydrogens is 282 g/mol. The van der Waals surface area contributed by atoms with Crippen LogP contribution in [0.25, 0.3) is 0 Å². The number of nitrogens with one attached hydrogen (secondary N) is 1. The van der Waals surface area contributed by atoms with Crippen molar-refractivity contribution < 1.29 is 9.72 Å². The second kappa shape index (κ2) is 6.77. The zero-order chi connectivity index (χ0) is 16.3. The van der Waals surface area contributed by atoms with Crippen LogP contribution >= 0.6 is 0 Å². The first-order chi connectivity index (χ1) is 10.4. The average molecular weight is 305 g/mol. The van der Waals surface area contributed by atoms with Crippen LogP contribution in [-0.2, 0) is 0 Å². The van der Waals surface area contributed by atoms with Crippen LogP contribution in [-0.4, -0.2) is 30.0 Å². The van der Waals surface area contributed by atoms with Gasteiger partial charge in [-0.05, 0) is 44.7 Å². The fraction of sp³-hybridized carbons (Fsp3) is 0.562. The van der Waals surface area contributed by atoms with Crippen LogP contribution in [0.4, 0.5) is 11.4 Å². The number of nitro benzene ring substituents is 1. The molecule has 22 heavy (non-hydrogen) atoms. The maximum absolute atomic E-state index is 12.0. The lowest BCUT2D eigenvalue weighted by Gasteiger charge is -2.31. The lowest BCUT2D eigenvalue weighted by atomic mass is 9.98. The Morgan fingerprint density at radius 3 is 2.55 bits per heavy atom. The molecule has 0 bridgehead atoms. The van der Waals surface area contributed by atoms with E-state index in [0.717, 1.165) is 25.9 Å². The van der Waals surface area contributed by atoms with E-state index in [1.165, 1.54) is 6.07 Å². The number of nitrogens with zero attached hydrogens (tertiary/aromatic N) is 2. The van der Waals surface area contributed by atoms with E-state index in [1.807, 2.05) is 18.7 Å². The number of anilines is 1. The average Bonchev–Trinajstić information content (AvgIpc) is 2.46. The summed E-state index contributed by atoms with van der Waals surface area (Å²) in [4.78, 5) is 25.0. The summed E-state index contributed by atoms with van der Waals surface area (Å²) in [5, 5.41) is 14.1. The van der Waals surface area contributed by atoms with Crippen molar-refractivity contribution in [3.8, 4) is 0 Å². The van der Waals surface area contributed by atoms with Crippen molar-refractivity contribution in [1.82, 2.24) is 5.32 Å². The van der Waals surface area contributed by atoms with Crippen molar-refractivity contribution in [2.75, 3.05) is 18.0 Å². The highest BCUT2D eigenvalue weighted by molar-refractivity contribution is 5.95. The number of rotatable bonds is 4. The summed E-state index contributed by atoms with van der Waals surface area (Å²) in [6.07, 6.45) is 2.07. The topological polar surface area (TPSA) is 75.5 Å². The first-order valence-corrected chi connectivity index (χ1v) is 7.72. The van der Waals surface area contributed by atoms with E-state index in [4.69, 9.17) is 0 Å². The fourth-order valence-corrected chi connectivity index (χ4v) is 2.67. The molecule has 1 amide bonds. The van der Waals surface area contributed by atoms with Gasteiger partial charge in [-0.3, -0.25) is 14.9 Å². The van der Waals surface area contributed by atoms with Gasteiger partial charge in [0.15, 0.2) is 0 Å². The zero-order valence-electron chi connectivity index (χ0n) is 13.3. The molecule has 6 nitrogen and oxygen atoms in total. The number of benzene rings is 1. The number of nitro groups is 1. The van der Waals surface area contributed by atoms with Gasteiger partial charge >= 0.3 is 0 Å². The molecule has 0 aromatic heterocycles. The van der Waals surface area contributed by atoms with Crippen LogP contribution < -0.4 is 10.2 Å². The van der Waals surface area contributed by atoms with Gasteiger partial charge in [-0.2, -0.15) is 0 Å². The minimum Gasteiger partial charge on any atom is -0.366 e. The molecule has 1 aromatic rings. The van der Waals surface area contributed by atoms with Gasteiger partial charge in [0.25, 0.3) is 11.6 Å². The highest BCUT2D eigenvalue weighted by atomic mass is 16.6. The maximum atomic E-state index is 12.0. The van der Waals surface area contributed by atoms with E-state index >= 15 is 0 Å². The molecule has 1 heterocycles. The summed E-state index contributed by atoms with van der Waals surface area (Å²) in [7, 11) is 0. The minimum atomic E-state index is -0.403. The fourth-order valence-electron chi connectivity index (χ4n) is 2.67. The Labute approximate surface area is 130 Å². The number of carbonyl (C=O) groups is 1. The molecular formula is C16H23N3O3. The van der Waals surface area contributed by atoms with Crippen molar-refractivity contribution >= 4 is 17.3 Å². The van der Waals surface area contributed by atoms with Crippen molar-refractivity contribution in [2.45, 2.75) is 39.7 Å². The van der Waals surface area contributed by atoms with Crippen molar-refractivity contribution in [2.24, 2.45) is 5.92 Å². The Kier molecular flexibility index (Phi) is 5.00. The van der Waals surface area contributed by atoms with Gasteiger partial charge in [0.2, 0.25) is 0 Å². The minimum absolute atomic E-state index is 0.00480. The molecule has 0 atom stereocenters. The van der Waals surface area contributed by atoms with Gasteiger partial charge in [-0.1, -0.05) is 6.92 Å². The predicted molar refractivity (Wildman–Crippen MR) is 86.3 cm³/mol. The Bertz CT molecular complexity index is 564. The predicted octanol–water partition coefficient (Wildman–Crippen LogP) is 2.97. The first kappa shape index (κ1) is 16.3. The van der Waals surface area contributed by atoms with Gasteiger partial charge < -0.3 is 10.2 Å². The van der Waals surface area contributed by atoms with Gasteiger partial charge in [-0.25, -0.2) is 0 Å². The second-order valence-corrected chi connectivity index (χ2v) is 6.26. The maximum Gasteiger partial charge on any atom is 0.293 e. The van der Waals surface area contributed by atoms with Gasteiger partial charge in [0.05, 0.1) is 4.92 Å². The molecule has 0 spiro atoms. The lowest BCUT2D eigenvalue weighted by molar-refractivity contribution is -0.384. The number of hydrogen-bond donors (Lipinski definition) is 1. The third kappa shape index (κ3) is 3.75. The summed E-state index contributed by atoms with van der Waals surface area (Å²) in [5.74, 6) is 0.378. The summed E-state index contributed by atoms with van der Waals surface area (Å²) in [5.41, 5.74) is 0.943. The standard InChI is InChI=1S/C16H23N3O3/c1-11(2)17-16(20)13-4-5-14(15(10-13)19(21)22)18-8-6-12(3)7-9-18/h4-5,10-12H,6-9H2,1-3H3,(H,17,20). The Hall–Kier alpha value is -2.11. The highest BCUT2D eigenvalue weighted by Crippen LogP contribution is 2.32. The lowest BCUT2D eigenvalue weighted by Crippen LogP contribution is -2.33. The SMILES string of the molecule is CC1CCN(c2ccc(C(=O)NC(C)C)cc2[N+](=O)[O-])CC1. The molecule has 1 aromatic carbocycles. The Morgan fingerprint density at radius 2 is 2.00 bits per heavy atom. The summed E-state index contributed by atoms with van der Waals surface area (Å²) >= 11 is 0. The molecule has 0 aliphatic carbocycles. The molecule has 0 radical (unpaired) electrons. The third-order valence-electron chi connectivity index (χ3n) is 3.98. The van der Waals surface area contributed by atoms with Gasteiger partial charge in [-0.15, -0.1) is 0 Å². The normalized spacial score (nSPS) is 15.9. The largest absolute Gasteiger partial charge is 0.366 e.